The van der Waals surface area contributed by atoms with Gasteiger partial charge >= 0.3 is 0 Å². The van der Waals surface area contributed by atoms with Crippen molar-refractivity contribution in [1.29, 1.82) is 0 Å². The van der Waals surface area contributed by atoms with Gasteiger partial charge in [0, 0.05) is 22.2 Å². The van der Waals surface area contributed by atoms with Gasteiger partial charge in [-0.3, -0.25) is 4.79 Å². The molecular weight excluding hydrogens is 304 g/mol. The molecule has 1 amide bonds. The number of carbonyl (C=O) groups excluding carboxylic acids is 1. The fourth-order valence-corrected chi connectivity index (χ4v) is 1.86. The summed E-state index contributed by atoms with van der Waals surface area (Å²) in [5.41, 5.74) is 3.67. The van der Waals surface area contributed by atoms with Crippen LogP contribution in [0.3, 0.4) is 0 Å². The van der Waals surface area contributed by atoms with Crippen LogP contribution in [0.4, 0.5) is 0 Å². The quantitative estimate of drug-likeness (QED) is 0.680. The van der Waals surface area contributed by atoms with Crippen molar-refractivity contribution in [3.63, 3.8) is 0 Å². The van der Waals surface area contributed by atoms with Crippen LogP contribution in [0.5, 0.6) is 11.5 Å². The predicted octanol–water partition coefficient (Wildman–Crippen LogP) is 3.12. The molecule has 0 aliphatic carbocycles. The number of hydrogen-bond donors (Lipinski definition) is 1. The molecule has 0 spiro atoms. The van der Waals surface area contributed by atoms with E-state index in [1.807, 2.05) is 0 Å². The van der Waals surface area contributed by atoms with E-state index in [0.717, 1.165) is 5.56 Å². The van der Waals surface area contributed by atoms with E-state index < -0.39 is 0 Å². The highest BCUT2D eigenvalue weighted by molar-refractivity contribution is 6.30. The lowest BCUT2D eigenvalue weighted by Gasteiger charge is -2.05. The van der Waals surface area contributed by atoms with Crippen LogP contribution in [-0.2, 0) is 0 Å². The molecule has 2 aromatic rings. The Morgan fingerprint density at radius 2 is 1.68 bits per heavy atom. The molecule has 0 saturated heterocycles. The number of ether oxygens (including phenoxy) is 2. The van der Waals surface area contributed by atoms with Crippen molar-refractivity contribution in [3.8, 4) is 11.5 Å². The van der Waals surface area contributed by atoms with Gasteiger partial charge in [-0.2, -0.15) is 5.10 Å². The van der Waals surface area contributed by atoms with Crippen molar-refractivity contribution < 1.29 is 14.3 Å². The highest BCUT2D eigenvalue weighted by atomic mass is 35.5. The number of hydrogen-bond acceptors (Lipinski definition) is 4. The Labute approximate surface area is 133 Å². The molecule has 0 aliphatic heterocycles. The van der Waals surface area contributed by atoms with Crippen LogP contribution in [0, 0.1) is 0 Å². The lowest BCUT2D eigenvalue weighted by atomic mass is 10.2. The molecule has 0 aromatic heterocycles. The normalized spacial score (nSPS) is 10.5. The molecule has 2 rings (SSSR count). The van der Waals surface area contributed by atoms with Gasteiger partial charge in [-0.15, -0.1) is 0 Å². The molecule has 0 saturated carbocycles. The van der Waals surface area contributed by atoms with Crippen molar-refractivity contribution in [1.82, 2.24) is 5.43 Å². The van der Waals surface area contributed by atoms with E-state index >= 15 is 0 Å². The molecule has 0 bridgehead atoms. The first-order valence-electron chi connectivity index (χ1n) is 6.44. The van der Waals surface area contributed by atoms with Gasteiger partial charge < -0.3 is 9.47 Å². The molecule has 2 aromatic carbocycles. The van der Waals surface area contributed by atoms with Gasteiger partial charge in [-0.25, -0.2) is 5.43 Å². The van der Waals surface area contributed by atoms with Gasteiger partial charge in [0.2, 0.25) is 0 Å². The van der Waals surface area contributed by atoms with Gasteiger partial charge in [-0.1, -0.05) is 11.6 Å². The third-order valence-corrected chi connectivity index (χ3v) is 3.11. The maximum absolute atomic E-state index is 11.9. The molecule has 0 fully saturated rings. The number of halogens is 1. The van der Waals surface area contributed by atoms with Crippen LogP contribution in [0.25, 0.3) is 0 Å². The zero-order valence-electron chi connectivity index (χ0n) is 12.2. The molecule has 0 aliphatic rings. The predicted molar refractivity (Wildman–Crippen MR) is 86.1 cm³/mol. The number of carbonyl (C=O) groups is 1. The van der Waals surface area contributed by atoms with E-state index in [4.69, 9.17) is 21.1 Å². The molecule has 0 radical (unpaired) electrons. The summed E-state index contributed by atoms with van der Waals surface area (Å²) in [5, 5.41) is 4.50. The first-order valence-corrected chi connectivity index (χ1v) is 6.82. The smallest absolute Gasteiger partial charge is 0.271 e. The van der Waals surface area contributed by atoms with E-state index in [9.17, 15) is 4.79 Å². The first kappa shape index (κ1) is 15.9. The summed E-state index contributed by atoms with van der Waals surface area (Å²) in [5.74, 6) is 0.970. The Kier molecular flexibility index (Phi) is 5.38. The van der Waals surface area contributed by atoms with Gasteiger partial charge in [0.15, 0.2) is 0 Å². The monoisotopic (exact) mass is 318 g/mol. The molecular formula is C16H15ClN2O3. The third-order valence-electron chi connectivity index (χ3n) is 2.86. The summed E-state index contributed by atoms with van der Waals surface area (Å²) >= 11 is 5.77. The summed E-state index contributed by atoms with van der Waals surface area (Å²) in [4.78, 5) is 11.9. The molecule has 5 nitrogen and oxygen atoms in total. The topological polar surface area (TPSA) is 59.9 Å². The minimum Gasteiger partial charge on any atom is -0.497 e. The zero-order chi connectivity index (χ0) is 15.9. The number of methoxy groups -OCH3 is 2. The maximum Gasteiger partial charge on any atom is 0.271 e. The third kappa shape index (κ3) is 4.23. The second-order valence-electron chi connectivity index (χ2n) is 4.35. The Morgan fingerprint density at radius 1 is 1.09 bits per heavy atom. The van der Waals surface area contributed by atoms with E-state index in [-0.39, 0.29) is 5.91 Å². The average molecular weight is 319 g/mol. The van der Waals surface area contributed by atoms with Gasteiger partial charge in [0.25, 0.3) is 5.91 Å². The first-order chi connectivity index (χ1) is 10.6. The van der Waals surface area contributed by atoms with Gasteiger partial charge in [0.1, 0.15) is 11.5 Å². The van der Waals surface area contributed by atoms with Crippen LogP contribution in [0.2, 0.25) is 5.02 Å². The standard InChI is InChI=1S/C16H15ClN2O3/c1-21-14-7-11(8-15(9-14)22-2)10-18-19-16(20)12-3-5-13(17)6-4-12/h3-10H,1-2H3,(H,19,20)/b18-10+. The summed E-state index contributed by atoms with van der Waals surface area (Å²) in [7, 11) is 3.13. The molecule has 0 heterocycles. The van der Waals surface area contributed by atoms with Crippen LogP contribution in [0.1, 0.15) is 15.9 Å². The highest BCUT2D eigenvalue weighted by Crippen LogP contribution is 2.21. The summed E-state index contributed by atoms with van der Waals surface area (Å²) in [6.07, 6.45) is 1.51. The highest BCUT2D eigenvalue weighted by Gasteiger charge is 2.04. The second kappa shape index (κ2) is 7.47. The fraction of sp³-hybridized carbons (Fsp3) is 0.125. The molecule has 0 atom stereocenters. The Hall–Kier alpha value is -2.53. The minimum absolute atomic E-state index is 0.317. The van der Waals surface area contributed by atoms with E-state index in [0.29, 0.717) is 22.1 Å². The number of amides is 1. The fourth-order valence-electron chi connectivity index (χ4n) is 1.74. The number of nitrogens with zero attached hydrogens (tertiary/aromatic N) is 1. The van der Waals surface area contributed by atoms with Crippen molar-refractivity contribution in [2.75, 3.05) is 14.2 Å². The number of benzene rings is 2. The lowest BCUT2D eigenvalue weighted by molar-refractivity contribution is 0.0955. The number of nitrogens with one attached hydrogen (secondary N) is 1. The molecule has 6 heteroatoms. The zero-order valence-corrected chi connectivity index (χ0v) is 12.9. The van der Waals surface area contributed by atoms with Gasteiger partial charge in [0.05, 0.1) is 20.4 Å². The summed E-state index contributed by atoms with van der Waals surface area (Å²) in [6, 6.07) is 11.9. The van der Waals surface area contributed by atoms with Gasteiger partial charge in [-0.05, 0) is 36.4 Å². The van der Waals surface area contributed by atoms with E-state index in [1.165, 1.54) is 6.21 Å². The largest absolute Gasteiger partial charge is 0.497 e. The van der Waals surface area contributed by atoms with Crippen molar-refractivity contribution in [2.24, 2.45) is 5.10 Å². The summed E-state index contributed by atoms with van der Waals surface area (Å²) < 4.78 is 10.3. The van der Waals surface area contributed by atoms with E-state index in [1.54, 1.807) is 56.7 Å². The minimum atomic E-state index is -0.317. The number of rotatable bonds is 5. The van der Waals surface area contributed by atoms with Crippen molar-refractivity contribution >= 4 is 23.7 Å². The van der Waals surface area contributed by atoms with Crippen LogP contribution < -0.4 is 14.9 Å². The Balaban J connectivity index is 2.05. The second-order valence-corrected chi connectivity index (χ2v) is 4.79. The van der Waals surface area contributed by atoms with Crippen molar-refractivity contribution in [2.45, 2.75) is 0 Å². The molecule has 0 unspecified atom stereocenters. The Bertz CT molecular complexity index is 662. The maximum atomic E-state index is 11.9. The van der Waals surface area contributed by atoms with Crippen LogP contribution in [0.15, 0.2) is 47.6 Å². The summed E-state index contributed by atoms with van der Waals surface area (Å²) in [6.45, 7) is 0. The Morgan fingerprint density at radius 3 is 2.23 bits per heavy atom. The SMILES string of the molecule is COc1cc(/C=N/NC(=O)c2ccc(Cl)cc2)cc(OC)c1. The molecule has 1 N–H and O–H groups in total. The number of hydrazone groups is 1. The molecule has 114 valence electrons. The van der Waals surface area contributed by atoms with Crippen LogP contribution in [-0.4, -0.2) is 26.3 Å². The van der Waals surface area contributed by atoms with E-state index in [2.05, 4.69) is 10.5 Å². The van der Waals surface area contributed by atoms with Crippen LogP contribution >= 0.6 is 11.6 Å². The lowest BCUT2D eigenvalue weighted by Crippen LogP contribution is -2.17. The van der Waals surface area contributed by atoms with Crippen molar-refractivity contribution in [3.05, 3.63) is 58.6 Å². The molecule has 22 heavy (non-hydrogen) atoms. The average Bonchev–Trinajstić information content (AvgIpc) is 2.55.